The van der Waals surface area contributed by atoms with Gasteiger partial charge in [-0.3, -0.25) is 9.78 Å². The largest absolute Gasteiger partial charge is 0.365 e. The second-order valence-corrected chi connectivity index (χ2v) is 5.39. The molecule has 3 aromatic rings. The zero-order valence-electron chi connectivity index (χ0n) is 12.6. The average Bonchev–Trinajstić information content (AvgIpc) is 2.63. The lowest BCUT2D eigenvalue weighted by atomic mass is 10.3. The Kier molecular flexibility index (Phi) is 4.98. The summed E-state index contributed by atoms with van der Waals surface area (Å²) in [6.07, 6.45) is 6.41. The Hall–Kier alpha value is -2.99. The number of anilines is 2. The van der Waals surface area contributed by atoms with Gasteiger partial charge >= 0.3 is 0 Å². The van der Waals surface area contributed by atoms with E-state index in [1.165, 1.54) is 12.4 Å². The van der Waals surface area contributed by atoms with Crippen LogP contribution in [-0.4, -0.2) is 20.9 Å². The molecule has 0 spiro atoms. The zero-order valence-corrected chi connectivity index (χ0v) is 13.4. The molecule has 0 aliphatic heterocycles. The van der Waals surface area contributed by atoms with Gasteiger partial charge in [0.2, 0.25) is 0 Å². The van der Waals surface area contributed by atoms with Crippen LogP contribution in [0.2, 0.25) is 5.02 Å². The number of pyridine rings is 1. The zero-order chi connectivity index (χ0) is 16.8. The Labute approximate surface area is 143 Å². The monoisotopic (exact) mass is 339 g/mol. The Balaban J connectivity index is 1.59. The van der Waals surface area contributed by atoms with Gasteiger partial charge in [-0.15, -0.1) is 0 Å². The fourth-order valence-corrected chi connectivity index (χ4v) is 2.08. The fourth-order valence-electron chi connectivity index (χ4n) is 1.96. The lowest BCUT2D eigenvalue weighted by Crippen LogP contribution is -2.14. The van der Waals surface area contributed by atoms with Gasteiger partial charge in [-0.2, -0.15) is 0 Å². The smallest absolute Gasteiger partial charge is 0.275 e. The van der Waals surface area contributed by atoms with E-state index in [-0.39, 0.29) is 11.6 Å². The van der Waals surface area contributed by atoms with Crippen LogP contribution in [0, 0.1) is 0 Å². The van der Waals surface area contributed by atoms with Gasteiger partial charge in [0.1, 0.15) is 11.5 Å². The van der Waals surface area contributed by atoms with Crippen molar-refractivity contribution in [2.75, 3.05) is 10.6 Å². The first-order chi connectivity index (χ1) is 11.7. The molecule has 2 heterocycles. The van der Waals surface area contributed by atoms with Gasteiger partial charge in [0.15, 0.2) is 0 Å². The lowest BCUT2D eigenvalue weighted by Gasteiger charge is -2.07. The summed E-state index contributed by atoms with van der Waals surface area (Å²) in [4.78, 5) is 24.4. The van der Waals surface area contributed by atoms with Gasteiger partial charge in [0.05, 0.1) is 12.4 Å². The number of halogens is 1. The van der Waals surface area contributed by atoms with E-state index >= 15 is 0 Å². The van der Waals surface area contributed by atoms with E-state index in [2.05, 4.69) is 25.6 Å². The molecule has 120 valence electrons. The molecule has 0 aliphatic rings. The SMILES string of the molecule is O=C(Nc1ccc(Cl)cc1)c1cnc(NCc2ccncc2)cn1. The van der Waals surface area contributed by atoms with E-state index in [0.717, 1.165) is 5.56 Å². The van der Waals surface area contributed by atoms with E-state index in [1.807, 2.05) is 12.1 Å². The summed E-state index contributed by atoms with van der Waals surface area (Å²) in [7, 11) is 0. The van der Waals surface area contributed by atoms with Crippen molar-refractivity contribution in [2.45, 2.75) is 6.54 Å². The van der Waals surface area contributed by atoms with Crippen LogP contribution in [0.15, 0.2) is 61.2 Å². The summed E-state index contributed by atoms with van der Waals surface area (Å²) in [5.41, 5.74) is 1.96. The highest BCUT2D eigenvalue weighted by Gasteiger charge is 2.08. The number of amides is 1. The minimum atomic E-state index is -0.328. The van der Waals surface area contributed by atoms with E-state index < -0.39 is 0 Å². The van der Waals surface area contributed by atoms with Crippen LogP contribution in [0.1, 0.15) is 16.1 Å². The van der Waals surface area contributed by atoms with Crippen molar-refractivity contribution in [1.29, 1.82) is 0 Å². The van der Waals surface area contributed by atoms with E-state index in [4.69, 9.17) is 11.6 Å². The van der Waals surface area contributed by atoms with Crippen LogP contribution >= 0.6 is 11.6 Å². The molecule has 24 heavy (non-hydrogen) atoms. The molecule has 0 radical (unpaired) electrons. The topological polar surface area (TPSA) is 79.8 Å². The van der Waals surface area contributed by atoms with Gasteiger partial charge < -0.3 is 10.6 Å². The molecule has 1 amide bonds. The number of rotatable bonds is 5. The fraction of sp³-hybridized carbons (Fsp3) is 0.0588. The van der Waals surface area contributed by atoms with Gasteiger partial charge in [-0.25, -0.2) is 9.97 Å². The number of nitrogens with zero attached hydrogens (tertiary/aromatic N) is 3. The third kappa shape index (κ3) is 4.27. The second-order valence-electron chi connectivity index (χ2n) is 4.96. The Morgan fingerprint density at radius 2 is 1.75 bits per heavy atom. The van der Waals surface area contributed by atoms with E-state index in [1.54, 1.807) is 36.7 Å². The Morgan fingerprint density at radius 3 is 2.42 bits per heavy atom. The van der Waals surface area contributed by atoms with Crippen LogP contribution in [0.3, 0.4) is 0 Å². The van der Waals surface area contributed by atoms with Crippen LogP contribution in [0.4, 0.5) is 11.5 Å². The molecule has 1 aromatic carbocycles. The van der Waals surface area contributed by atoms with Crippen molar-refractivity contribution in [3.05, 3.63) is 77.5 Å². The minimum absolute atomic E-state index is 0.236. The maximum Gasteiger partial charge on any atom is 0.275 e. The highest BCUT2D eigenvalue weighted by Crippen LogP contribution is 2.14. The quantitative estimate of drug-likeness (QED) is 0.744. The van der Waals surface area contributed by atoms with Crippen LogP contribution in [-0.2, 0) is 6.54 Å². The minimum Gasteiger partial charge on any atom is -0.365 e. The number of carbonyl (C=O) groups is 1. The molecule has 0 unspecified atom stereocenters. The van der Waals surface area contributed by atoms with Crippen molar-refractivity contribution in [3.8, 4) is 0 Å². The van der Waals surface area contributed by atoms with Crippen LogP contribution in [0.25, 0.3) is 0 Å². The first-order valence-corrected chi connectivity index (χ1v) is 7.60. The molecule has 7 heteroatoms. The number of hydrogen-bond donors (Lipinski definition) is 2. The predicted molar refractivity (Wildman–Crippen MR) is 93.0 cm³/mol. The molecule has 0 saturated carbocycles. The summed E-state index contributed by atoms with van der Waals surface area (Å²) in [6, 6.07) is 10.7. The molecule has 0 saturated heterocycles. The highest BCUT2D eigenvalue weighted by atomic mass is 35.5. The molecule has 0 atom stereocenters. The molecular weight excluding hydrogens is 326 g/mol. The molecular formula is C17H14ClN5O. The van der Waals surface area contributed by atoms with Crippen molar-refractivity contribution >= 4 is 29.0 Å². The van der Waals surface area contributed by atoms with Crippen molar-refractivity contribution in [1.82, 2.24) is 15.0 Å². The van der Waals surface area contributed by atoms with Crippen LogP contribution < -0.4 is 10.6 Å². The van der Waals surface area contributed by atoms with Crippen LogP contribution in [0.5, 0.6) is 0 Å². The number of nitrogens with one attached hydrogen (secondary N) is 2. The molecule has 3 rings (SSSR count). The maximum atomic E-state index is 12.1. The number of aromatic nitrogens is 3. The summed E-state index contributed by atoms with van der Waals surface area (Å²) in [5.74, 6) is 0.264. The molecule has 0 bridgehead atoms. The molecule has 2 aromatic heterocycles. The van der Waals surface area contributed by atoms with E-state index in [9.17, 15) is 4.79 Å². The lowest BCUT2D eigenvalue weighted by molar-refractivity contribution is 0.102. The first kappa shape index (κ1) is 15.9. The summed E-state index contributed by atoms with van der Waals surface area (Å²) < 4.78 is 0. The maximum absolute atomic E-state index is 12.1. The summed E-state index contributed by atoms with van der Waals surface area (Å²) in [6.45, 7) is 0.605. The normalized spacial score (nSPS) is 10.2. The van der Waals surface area contributed by atoms with Crippen molar-refractivity contribution < 1.29 is 4.79 Å². The number of benzene rings is 1. The third-order valence-corrected chi connectivity index (χ3v) is 3.46. The third-order valence-electron chi connectivity index (χ3n) is 3.21. The molecule has 0 aliphatic carbocycles. The molecule has 2 N–H and O–H groups in total. The van der Waals surface area contributed by atoms with Crippen molar-refractivity contribution in [3.63, 3.8) is 0 Å². The van der Waals surface area contributed by atoms with Gasteiger partial charge in [-0.05, 0) is 42.0 Å². The van der Waals surface area contributed by atoms with Gasteiger partial charge in [0, 0.05) is 29.6 Å². The van der Waals surface area contributed by atoms with Gasteiger partial charge in [0.25, 0.3) is 5.91 Å². The molecule has 0 fully saturated rings. The average molecular weight is 340 g/mol. The standard InChI is InChI=1S/C17H14ClN5O/c18-13-1-3-14(4-2-13)23-17(24)15-10-22-16(11-20-15)21-9-12-5-7-19-8-6-12/h1-8,10-11H,9H2,(H,21,22)(H,23,24). The predicted octanol–water partition coefficient (Wildman–Crippen LogP) is 3.39. The second kappa shape index (κ2) is 7.52. The Morgan fingerprint density at radius 1 is 1.00 bits per heavy atom. The number of hydrogen-bond acceptors (Lipinski definition) is 5. The molecule has 6 nitrogen and oxygen atoms in total. The van der Waals surface area contributed by atoms with Crippen molar-refractivity contribution in [2.24, 2.45) is 0 Å². The first-order valence-electron chi connectivity index (χ1n) is 7.22. The highest BCUT2D eigenvalue weighted by molar-refractivity contribution is 6.30. The Bertz CT molecular complexity index is 807. The van der Waals surface area contributed by atoms with E-state index in [0.29, 0.717) is 23.1 Å². The summed E-state index contributed by atoms with van der Waals surface area (Å²) in [5, 5.41) is 6.48. The number of carbonyl (C=O) groups excluding carboxylic acids is 1. The summed E-state index contributed by atoms with van der Waals surface area (Å²) >= 11 is 5.81. The van der Waals surface area contributed by atoms with Gasteiger partial charge in [-0.1, -0.05) is 11.6 Å².